The topological polar surface area (TPSA) is 73.9 Å². The molecule has 142 valence electrons. The van der Waals surface area contributed by atoms with Gasteiger partial charge in [0.15, 0.2) is 18.1 Å². The van der Waals surface area contributed by atoms with E-state index in [2.05, 4.69) is 5.32 Å². The molecule has 1 aliphatic rings. The highest BCUT2D eigenvalue weighted by atomic mass is 35.5. The number of esters is 1. The van der Waals surface area contributed by atoms with Crippen molar-refractivity contribution in [3.8, 4) is 11.5 Å². The van der Waals surface area contributed by atoms with Crippen LogP contribution in [0.15, 0.2) is 47.4 Å². The minimum absolute atomic E-state index is 0.0947. The minimum atomic E-state index is -0.470. The summed E-state index contributed by atoms with van der Waals surface area (Å²) in [7, 11) is 0. The Morgan fingerprint density at radius 3 is 2.70 bits per heavy atom. The third kappa shape index (κ3) is 5.80. The van der Waals surface area contributed by atoms with E-state index in [1.807, 2.05) is 36.4 Å². The molecule has 0 saturated carbocycles. The summed E-state index contributed by atoms with van der Waals surface area (Å²) < 4.78 is 16.0. The van der Waals surface area contributed by atoms with Gasteiger partial charge in [-0.15, -0.1) is 11.8 Å². The summed E-state index contributed by atoms with van der Waals surface area (Å²) in [6.45, 7) is 0.990. The molecule has 8 heteroatoms. The molecule has 1 amide bonds. The molecule has 1 heterocycles. The van der Waals surface area contributed by atoms with Crippen molar-refractivity contribution in [3.05, 3.63) is 53.1 Å². The van der Waals surface area contributed by atoms with Crippen molar-refractivity contribution in [1.82, 2.24) is 5.32 Å². The largest absolute Gasteiger partial charge is 0.486 e. The van der Waals surface area contributed by atoms with Crippen molar-refractivity contribution in [2.75, 3.05) is 25.6 Å². The number of hydrogen-bond donors (Lipinski definition) is 1. The summed E-state index contributed by atoms with van der Waals surface area (Å²) in [5.41, 5.74) is 0.799. The number of carbonyl (C=O) groups is 2. The zero-order chi connectivity index (χ0) is 19.1. The average molecular weight is 408 g/mol. The van der Waals surface area contributed by atoms with Crippen LogP contribution in [0.4, 0.5) is 0 Å². The Hall–Kier alpha value is -2.38. The van der Waals surface area contributed by atoms with Crippen LogP contribution in [0.5, 0.6) is 11.5 Å². The molecule has 0 aromatic heterocycles. The van der Waals surface area contributed by atoms with Crippen LogP contribution in [0.2, 0.25) is 5.02 Å². The summed E-state index contributed by atoms with van der Waals surface area (Å²) in [5, 5.41) is 3.24. The molecule has 0 fully saturated rings. The van der Waals surface area contributed by atoms with E-state index in [9.17, 15) is 9.59 Å². The molecule has 1 N–H and O–H groups in total. The van der Waals surface area contributed by atoms with E-state index >= 15 is 0 Å². The van der Waals surface area contributed by atoms with Gasteiger partial charge in [-0.1, -0.05) is 29.8 Å². The van der Waals surface area contributed by atoms with E-state index in [0.717, 1.165) is 10.5 Å². The molecule has 0 unspecified atom stereocenters. The molecule has 0 bridgehead atoms. The molecule has 1 aliphatic heterocycles. The van der Waals surface area contributed by atoms with Gasteiger partial charge >= 0.3 is 5.97 Å². The molecule has 0 radical (unpaired) electrons. The molecule has 3 rings (SSSR count). The number of fused-ring (bicyclic) bond motifs is 1. The number of amides is 1. The minimum Gasteiger partial charge on any atom is -0.486 e. The Bertz CT molecular complexity index is 829. The van der Waals surface area contributed by atoms with Crippen molar-refractivity contribution in [3.63, 3.8) is 0 Å². The highest BCUT2D eigenvalue weighted by molar-refractivity contribution is 8.00. The predicted octanol–water partition coefficient (Wildman–Crippen LogP) is 3.06. The lowest BCUT2D eigenvalue weighted by molar-refractivity contribution is -0.145. The molecular formula is C19H18ClNO5S. The van der Waals surface area contributed by atoms with Crippen LogP contribution in [0.3, 0.4) is 0 Å². The van der Waals surface area contributed by atoms with Gasteiger partial charge in [-0.2, -0.15) is 0 Å². The first-order valence-electron chi connectivity index (χ1n) is 8.30. The number of nitrogens with one attached hydrogen (secondary N) is 1. The van der Waals surface area contributed by atoms with Gasteiger partial charge in [0.25, 0.3) is 5.91 Å². The van der Waals surface area contributed by atoms with Crippen molar-refractivity contribution < 1.29 is 23.8 Å². The zero-order valence-electron chi connectivity index (χ0n) is 14.4. The molecule has 2 aromatic rings. The van der Waals surface area contributed by atoms with Crippen molar-refractivity contribution in [2.24, 2.45) is 0 Å². The van der Waals surface area contributed by atoms with Gasteiger partial charge in [-0.05, 0) is 29.8 Å². The highest BCUT2D eigenvalue weighted by Gasteiger charge is 2.13. The van der Waals surface area contributed by atoms with Gasteiger partial charge in [0.1, 0.15) is 13.2 Å². The lowest BCUT2D eigenvalue weighted by atomic mass is 10.2. The Morgan fingerprint density at radius 2 is 1.89 bits per heavy atom. The van der Waals surface area contributed by atoms with Crippen LogP contribution in [0.25, 0.3) is 0 Å². The monoisotopic (exact) mass is 407 g/mol. The maximum Gasteiger partial charge on any atom is 0.316 e. The van der Waals surface area contributed by atoms with Crippen LogP contribution >= 0.6 is 23.4 Å². The van der Waals surface area contributed by atoms with E-state index in [1.54, 1.807) is 6.07 Å². The Morgan fingerprint density at radius 1 is 1.11 bits per heavy atom. The highest BCUT2D eigenvalue weighted by Crippen LogP contribution is 2.34. The smallest absolute Gasteiger partial charge is 0.316 e. The molecule has 2 aromatic carbocycles. The van der Waals surface area contributed by atoms with E-state index in [1.165, 1.54) is 11.8 Å². The van der Waals surface area contributed by atoms with Crippen LogP contribution in [-0.4, -0.2) is 37.4 Å². The second-order valence-electron chi connectivity index (χ2n) is 5.62. The first-order chi connectivity index (χ1) is 13.1. The van der Waals surface area contributed by atoms with Crippen molar-refractivity contribution >= 4 is 35.2 Å². The van der Waals surface area contributed by atoms with E-state index in [-0.39, 0.29) is 24.8 Å². The molecule has 6 nitrogen and oxygen atoms in total. The Labute approximate surface area is 166 Å². The van der Waals surface area contributed by atoms with Crippen LogP contribution in [0.1, 0.15) is 5.56 Å². The van der Waals surface area contributed by atoms with Gasteiger partial charge in [-0.25, -0.2) is 0 Å². The van der Waals surface area contributed by atoms with Gasteiger partial charge in [0.05, 0.1) is 5.75 Å². The number of ether oxygens (including phenoxy) is 3. The Kier molecular flexibility index (Phi) is 6.84. The van der Waals surface area contributed by atoms with Crippen molar-refractivity contribution in [1.29, 1.82) is 0 Å². The van der Waals surface area contributed by atoms with Gasteiger partial charge in [0, 0.05) is 16.5 Å². The van der Waals surface area contributed by atoms with E-state index in [4.69, 9.17) is 25.8 Å². The first-order valence-corrected chi connectivity index (χ1v) is 9.66. The van der Waals surface area contributed by atoms with Crippen LogP contribution in [0, 0.1) is 0 Å². The quantitative estimate of drug-likeness (QED) is 0.561. The fraction of sp³-hybridized carbons (Fsp3) is 0.263. The normalized spacial score (nSPS) is 12.3. The fourth-order valence-electron chi connectivity index (χ4n) is 2.33. The number of hydrogen-bond acceptors (Lipinski definition) is 6. The number of rotatable bonds is 7. The SMILES string of the molecule is O=C(COC(=O)CSc1ccc2c(c1)OCCO2)NCc1ccccc1Cl. The van der Waals surface area contributed by atoms with E-state index in [0.29, 0.717) is 29.7 Å². The predicted molar refractivity (Wildman–Crippen MR) is 102 cm³/mol. The molecular weight excluding hydrogens is 390 g/mol. The second kappa shape index (κ2) is 9.53. The summed E-state index contributed by atoms with van der Waals surface area (Å²) in [6, 6.07) is 12.7. The third-order valence-corrected chi connectivity index (χ3v) is 5.00. The third-order valence-electron chi connectivity index (χ3n) is 3.67. The molecule has 0 spiro atoms. The maximum atomic E-state index is 11.8. The number of carbonyl (C=O) groups excluding carboxylic acids is 2. The maximum absolute atomic E-state index is 11.8. The standard InChI is InChI=1S/C19H18ClNO5S/c20-15-4-2-1-3-13(15)10-21-18(22)11-26-19(23)12-27-14-5-6-16-17(9-14)25-8-7-24-16/h1-6,9H,7-8,10-12H2,(H,21,22). The fourth-order valence-corrected chi connectivity index (χ4v) is 3.26. The number of benzene rings is 2. The number of halogens is 1. The first kappa shape index (κ1) is 19.4. The second-order valence-corrected chi connectivity index (χ2v) is 7.08. The molecule has 0 atom stereocenters. The molecule has 27 heavy (non-hydrogen) atoms. The summed E-state index contributed by atoms with van der Waals surface area (Å²) in [5.74, 6) is 0.606. The Balaban J connectivity index is 1.38. The number of thioether (sulfide) groups is 1. The summed E-state index contributed by atoms with van der Waals surface area (Å²) in [4.78, 5) is 24.5. The lowest BCUT2D eigenvalue weighted by Gasteiger charge is -2.18. The van der Waals surface area contributed by atoms with Gasteiger partial charge < -0.3 is 19.5 Å². The van der Waals surface area contributed by atoms with Gasteiger partial charge in [0.2, 0.25) is 0 Å². The molecule has 0 saturated heterocycles. The van der Waals surface area contributed by atoms with Gasteiger partial charge in [-0.3, -0.25) is 9.59 Å². The summed E-state index contributed by atoms with van der Waals surface area (Å²) in [6.07, 6.45) is 0. The zero-order valence-corrected chi connectivity index (χ0v) is 16.0. The van der Waals surface area contributed by atoms with Crippen LogP contribution in [-0.2, 0) is 20.9 Å². The lowest BCUT2D eigenvalue weighted by Crippen LogP contribution is -2.28. The van der Waals surface area contributed by atoms with Crippen LogP contribution < -0.4 is 14.8 Å². The average Bonchev–Trinajstić information content (AvgIpc) is 2.70. The molecule has 0 aliphatic carbocycles. The van der Waals surface area contributed by atoms with Crippen molar-refractivity contribution in [2.45, 2.75) is 11.4 Å². The summed E-state index contributed by atoms with van der Waals surface area (Å²) >= 11 is 7.33. The van der Waals surface area contributed by atoms with E-state index < -0.39 is 5.97 Å².